The Balaban J connectivity index is 1.44. The van der Waals surface area contributed by atoms with Gasteiger partial charge in [-0.25, -0.2) is 9.97 Å². The molecule has 0 bridgehead atoms. The fourth-order valence-electron chi connectivity index (χ4n) is 4.54. The van der Waals surface area contributed by atoms with Crippen molar-refractivity contribution >= 4 is 11.8 Å². The number of imidazole rings is 1. The Morgan fingerprint density at radius 3 is 3.04 bits per heavy atom. The van der Waals surface area contributed by atoms with Crippen molar-refractivity contribution in [1.29, 1.82) is 0 Å². The first kappa shape index (κ1) is 18.7. The Labute approximate surface area is 164 Å². The number of nitrogens with one attached hydrogen (secondary N) is 1. The molecule has 150 valence electrons. The molecule has 2 aromatic heterocycles. The Morgan fingerprint density at radius 2 is 2.25 bits per heavy atom. The van der Waals surface area contributed by atoms with Crippen LogP contribution in [0.3, 0.4) is 0 Å². The zero-order valence-corrected chi connectivity index (χ0v) is 16.3. The Hall–Kier alpha value is -2.64. The molecular formula is C20H27N5O3. The van der Waals surface area contributed by atoms with Crippen molar-refractivity contribution in [3.8, 4) is 0 Å². The largest absolute Gasteiger partial charge is 0.448 e. The maximum atomic E-state index is 13.0. The van der Waals surface area contributed by atoms with E-state index < -0.39 is 0 Å². The van der Waals surface area contributed by atoms with Gasteiger partial charge in [0.15, 0.2) is 12.1 Å². The van der Waals surface area contributed by atoms with Crippen molar-refractivity contribution in [3.63, 3.8) is 0 Å². The van der Waals surface area contributed by atoms with Crippen LogP contribution in [-0.2, 0) is 17.6 Å². The molecule has 0 unspecified atom stereocenters. The number of H-pyrrole nitrogens is 1. The minimum absolute atomic E-state index is 0.0219. The SMILES string of the molecule is CCc1ocnc1C(=O)N1CCC[C@@]2(CCC(=O)N(CCc3cnc[nH]3)C2)C1. The minimum Gasteiger partial charge on any atom is -0.448 e. The monoisotopic (exact) mass is 385 g/mol. The van der Waals surface area contributed by atoms with Crippen molar-refractivity contribution in [2.24, 2.45) is 5.41 Å². The highest BCUT2D eigenvalue weighted by Gasteiger charge is 2.43. The molecule has 0 aliphatic carbocycles. The summed E-state index contributed by atoms with van der Waals surface area (Å²) in [4.78, 5) is 40.6. The first-order valence-electron chi connectivity index (χ1n) is 10.1. The van der Waals surface area contributed by atoms with E-state index >= 15 is 0 Å². The second-order valence-electron chi connectivity index (χ2n) is 7.95. The van der Waals surface area contributed by atoms with Crippen LogP contribution in [0.25, 0.3) is 0 Å². The number of carbonyl (C=O) groups excluding carboxylic acids is 2. The number of amides is 2. The number of oxazole rings is 1. The standard InChI is InChI=1S/C20H27N5O3/c1-2-16-18(23-14-28-16)19(27)25-8-3-6-20(12-25)7-4-17(26)24(11-20)9-5-15-10-21-13-22-15/h10,13-14H,2-9,11-12H2,1H3,(H,21,22)/t20-/m0/s1. The van der Waals surface area contributed by atoms with E-state index in [0.29, 0.717) is 43.9 Å². The summed E-state index contributed by atoms with van der Waals surface area (Å²) >= 11 is 0. The highest BCUT2D eigenvalue weighted by molar-refractivity contribution is 5.93. The Morgan fingerprint density at radius 1 is 1.36 bits per heavy atom. The van der Waals surface area contributed by atoms with Gasteiger partial charge in [0.2, 0.25) is 5.91 Å². The van der Waals surface area contributed by atoms with Crippen LogP contribution in [0.5, 0.6) is 0 Å². The van der Waals surface area contributed by atoms with Crippen LogP contribution < -0.4 is 0 Å². The summed E-state index contributed by atoms with van der Waals surface area (Å²) < 4.78 is 5.34. The molecule has 2 fully saturated rings. The maximum absolute atomic E-state index is 13.0. The lowest BCUT2D eigenvalue weighted by atomic mass is 9.73. The lowest BCUT2D eigenvalue weighted by Crippen LogP contribution is -2.55. The van der Waals surface area contributed by atoms with E-state index in [0.717, 1.165) is 37.9 Å². The van der Waals surface area contributed by atoms with E-state index in [2.05, 4.69) is 15.0 Å². The molecule has 8 nitrogen and oxygen atoms in total. The topological polar surface area (TPSA) is 95.3 Å². The summed E-state index contributed by atoms with van der Waals surface area (Å²) in [7, 11) is 0. The van der Waals surface area contributed by atoms with Crippen molar-refractivity contribution < 1.29 is 14.0 Å². The van der Waals surface area contributed by atoms with Gasteiger partial charge in [0.05, 0.1) is 6.33 Å². The molecule has 1 N–H and O–H groups in total. The number of rotatable bonds is 5. The minimum atomic E-state index is -0.0504. The number of likely N-dealkylation sites (tertiary alicyclic amines) is 2. The lowest BCUT2D eigenvalue weighted by molar-refractivity contribution is -0.138. The fourth-order valence-corrected chi connectivity index (χ4v) is 4.54. The average molecular weight is 385 g/mol. The van der Waals surface area contributed by atoms with Gasteiger partial charge >= 0.3 is 0 Å². The van der Waals surface area contributed by atoms with Gasteiger partial charge in [0, 0.05) is 62.7 Å². The van der Waals surface area contributed by atoms with Crippen LogP contribution in [-0.4, -0.2) is 62.7 Å². The predicted molar refractivity (Wildman–Crippen MR) is 102 cm³/mol. The summed E-state index contributed by atoms with van der Waals surface area (Å²) in [6.07, 6.45) is 9.62. The van der Waals surface area contributed by atoms with E-state index in [1.54, 1.807) is 12.5 Å². The van der Waals surface area contributed by atoms with E-state index in [9.17, 15) is 9.59 Å². The number of aromatic amines is 1. The van der Waals surface area contributed by atoms with Gasteiger partial charge in [0.25, 0.3) is 5.91 Å². The van der Waals surface area contributed by atoms with Crippen molar-refractivity contribution in [3.05, 3.63) is 36.1 Å². The predicted octanol–water partition coefficient (Wildman–Crippen LogP) is 2.05. The van der Waals surface area contributed by atoms with Crippen LogP contribution >= 0.6 is 0 Å². The van der Waals surface area contributed by atoms with Gasteiger partial charge in [0.1, 0.15) is 5.76 Å². The molecule has 2 aromatic rings. The van der Waals surface area contributed by atoms with Gasteiger partial charge in [-0.3, -0.25) is 9.59 Å². The summed E-state index contributed by atoms with van der Waals surface area (Å²) in [6.45, 7) is 4.76. The van der Waals surface area contributed by atoms with Crippen LogP contribution in [0.1, 0.15) is 54.5 Å². The van der Waals surface area contributed by atoms with Gasteiger partial charge in [-0.1, -0.05) is 6.92 Å². The highest BCUT2D eigenvalue weighted by Crippen LogP contribution is 2.39. The normalized spacial score (nSPS) is 22.8. The average Bonchev–Trinajstić information content (AvgIpc) is 3.40. The molecule has 0 aromatic carbocycles. The van der Waals surface area contributed by atoms with Crippen molar-refractivity contribution in [2.75, 3.05) is 26.2 Å². The summed E-state index contributed by atoms with van der Waals surface area (Å²) in [5.41, 5.74) is 1.44. The smallest absolute Gasteiger partial charge is 0.276 e. The molecule has 0 saturated carbocycles. The number of piperidine rings is 2. The molecular weight excluding hydrogens is 358 g/mol. The van der Waals surface area contributed by atoms with Gasteiger partial charge in [-0.15, -0.1) is 0 Å². The van der Waals surface area contributed by atoms with Gasteiger partial charge in [-0.05, 0) is 19.3 Å². The van der Waals surface area contributed by atoms with Gasteiger partial charge in [-0.2, -0.15) is 0 Å². The third kappa shape index (κ3) is 3.68. The van der Waals surface area contributed by atoms with Crippen LogP contribution in [0.2, 0.25) is 0 Å². The quantitative estimate of drug-likeness (QED) is 0.850. The molecule has 8 heteroatoms. The van der Waals surface area contributed by atoms with Gasteiger partial charge < -0.3 is 19.2 Å². The first-order valence-corrected chi connectivity index (χ1v) is 10.1. The van der Waals surface area contributed by atoms with E-state index in [4.69, 9.17) is 4.42 Å². The first-order chi connectivity index (χ1) is 13.6. The van der Waals surface area contributed by atoms with Crippen molar-refractivity contribution in [1.82, 2.24) is 24.8 Å². The second-order valence-corrected chi connectivity index (χ2v) is 7.95. The Kier molecular flexibility index (Phi) is 5.19. The summed E-state index contributed by atoms with van der Waals surface area (Å²) in [6, 6.07) is 0. The molecule has 2 amide bonds. The molecule has 2 aliphatic rings. The summed E-state index contributed by atoms with van der Waals surface area (Å²) in [5, 5.41) is 0. The lowest BCUT2D eigenvalue weighted by Gasteiger charge is -2.48. The number of aromatic nitrogens is 3. The molecule has 4 heterocycles. The van der Waals surface area contributed by atoms with Crippen LogP contribution in [0, 0.1) is 5.41 Å². The number of aryl methyl sites for hydroxylation is 1. The Bertz CT molecular complexity index is 831. The molecule has 28 heavy (non-hydrogen) atoms. The number of carbonyl (C=O) groups is 2. The zero-order chi connectivity index (χ0) is 19.6. The van der Waals surface area contributed by atoms with Crippen LogP contribution in [0.4, 0.5) is 0 Å². The molecule has 1 spiro atoms. The molecule has 1 atom stereocenters. The number of hydrogen-bond donors (Lipinski definition) is 1. The van der Waals surface area contributed by atoms with Crippen LogP contribution in [0.15, 0.2) is 23.3 Å². The third-order valence-corrected chi connectivity index (χ3v) is 6.07. The number of nitrogens with zero attached hydrogens (tertiary/aromatic N) is 4. The highest BCUT2D eigenvalue weighted by atomic mass is 16.3. The molecule has 4 rings (SSSR count). The van der Waals surface area contributed by atoms with E-state index in [1.807, 2.05) is 16.7 Å². The maximum Gasteiger partial charge on any atom is 0.276 e. The number of hydrogen-bond acceptors (Lipinski definition) is 5. The fraction of sp³-hybridized carbons (Fsp3) is 0.600. The summed E-state index contributed by atoms with van der Waals surface area (Å²) in [5.74, 6) is 0.800. The van der Waals surface area contributed by atoms with Crippen molar-refractivity contribution in [2.45, 2.75) is 45.4 Å². The zero-order valence-electron chi connectivity index (χ0n) is 16.3. The molecule has 2 saturated heterocycles. The second kappa shape index (κ2) is 7.77. The van der Waals surface area contributed by atoms with E-state index in [1.165, 1.54) is 6.39 Å². The molecule has 2 aliphatic heterocycles. The van der Waals surface area contributed by atoms with E-state index in [-0.39, 0.29) is 17.2 Å². The third-order valence-electron chi connectivity index (χ3n) is 6.07. The molecule has 0 radical (unpaired) electrons.